The van der Waals surface area contributed by atoms with E-state index in [2.05, 4.69) is 10.9 Å². The minimum absolute atomic E-state index is 0.218. The Bertz CT molecular complexity index is 395. The second kappa shape index (κ2) is 6.98. The second-order valence-corrected chi connectivity index (χ2v) is 3.68. The number of rotatable bonds is 4. The highest BCUT2D eigenvalue weighted by molar-refractivity contribution is 6.30. The molecule has 0 aliphatic rings. The molecule has 2 amide bonds. The number of ether oxygens (including phenoxy) is 1. The molecule has 92 valence electrons. The van der Waals surface area contributed by atoms with Crippen molar-refractivity contribution in [3.63, 3.8) is 0 Å². The van der Waals surface area contributed by atoms with Crippen LogP contribution in [-0.2, 0) is 9.59 Å². The molecule has 1 aromatic carbocycles. The smallest absolute Gasteiger partial charge is 0.276 e. The van der Waals surface area contributed by atoms with E-state index >= 15 is 0 Å². The number of benzene rings is 1. The van der Waals surface area contributed by atoms with E-state index < -0.39 is 11.8 Å². The van der Waals surface area contributed by atoms with Crippen molar-refractivity contribution in [3.8, 4) is 5.75 Å². The van der Waals surface area contributed by atoms with Gasteiger partial charge in [0.2, 0.25) is 0 Å². The van der Waals surface area contributed by atoms with E-state index in [1.807, 2.05) is 0 Å². The van der Waals surface area contributed by atoms with Gasteiger partial charge in [-0.15, -0.1) is 11.6 Å². The summed E-state index contributed by atoms with van der Waals surface area (Å²) in [5, 5.41) is 0.580. The van der Waals surface area contributed by atoms with E-state index in [1.165, 1.54) is 0 Å². The number of nitrogens with one attached hydrogen (secondary N) is 2. The summed E-state index contributed by atoms with van der Waals surface area (Å²) in [6.07, 6.45) is 0. The summed E-state index contributed by atoms with van der Waals surface area (Å²) >= 11 is 10.9. The average molecular weight is 277 g/mol. The zero-order valence-electron chi connectivity index (χ0n) is 8.70. The Labute approximate surface area is 108 Å². The van der Waals surface area contributed by atoms with Gasteiger partial charge < -0.3 is 4.74 Å². The summed E-state index contributed by atoms with van der Waals surface area (Å²) in [7, 11) is 0. The Morgan fingerprint density at radius 1 is 1.12 bits per heavy atom. The van der Waals surface area contributed by atoms with E-state index in [4.69, 9.17) is 27.9 Å². The Morgan fingerprint density at radius 3 is 2.29 bits per heavy atom. The first kappa shape index (κ1) is 13.6. The fourth-order valence-corrected chi connectivity index (χ4v) is 1.08. The van der Waals surface area contributed by atoms with E-state index in [0.717, 1.165) is 0 Å². The monoisotopic (exact) mass is 276 g/mol. The molecule has 0 aromatic heterocycles. The number of carbonyl (C=O) groups is 2. The summed E-state index contributed by atoms with van der Waals surface area (Å²) in [5.41, 5.74) is 4.25. The molecule has 1 aromatic rings. The van der Waals surface area contributed by atoms with Gasteiger partial charge in [-0.25, -0.2) is 0 Å². The van der Waals surface area contributed by atoms with Crippen molar-refractivity contribution < 1.29 is 14.3 Å². The van der Waals surface area contributed by atoms with Gasteiger partial charge in [-0.3, -0.25) is 20.4 Å². The number of hydrazine groups is 1. The molecule has 17 heavy (non-hydrogen) atoms. The van der Waals surface area contributed by atoms with E-state index in [-0.39, 0.29) is 12.5 Å². The van der Waals surface area contributed by atoms with Crippen LogP contribution in [-0.4, -0.2) is 24.3 Å². The van der Waals surface area contributed by atoms with E-state index in [0.29, 0.717) is 10.8 Å². The molecule has 0 bridgehead atoms. The topological polar surface area (TPSA) is 67.4 Å². The van der Waals surface area contributed by atoms with Crippen molar-refractivity contribution >= 4 is 35.0 Å². The molecule has 0 radical (unpaired) electrons. The molecule has 0 unspecified atom stereocenters. The van der Waals surface area contributed by atoms with E-state index in [1.54, 1.807) is 24.3 Å². The van der Waals surface area contributed by atoms with Gasteiger partial charge in [0.25, 0.3) is 11.8 Å². The van der Waals surface area contributed by atoms with Crippen molar-refractivity contribution in [2.24, 2.45) is 0 Å². The number of hydrogen-bond acceptors (Lipinski definition) is 3. The maximum absolute atomic E-state index is 11.2. The number of amides is 2. The van der Waals surface area contributed by atoms with Crippen LogP contribution in [0.4, 0.5) is 0 Å². The zero-order chi connectivity index (χ0) is 12.7. The highest BCUT2D eigenvalue weighted by Gasteiger charge is 2.04. The first-order valence-corrected chi connectivity index (χ1v) is 5.55. The summed E-state index contributed by atoms with van der Waals surface area (Å²) in [6, 6.07) is 6.55. The van der Waals surface area contributed by atoms with Gasteiger partial charge in [-0.2, -0.15) is 0 Å². The molecule has 0 aliphatic heterocycles. The third kappa shape index (κ3) is 5.42. The predicted octanol–water partition coefficient (Wildman–Crippen LogP) is 1.10. The van der Waals surface area contributed by atoms with Crippen LogP contribution in [0.1, 0.15) is 0 Å². The molecule has 0 saturated carbocycles. The molecule has 1 rings (SSSR count). The number of hydrogen-bond donors (Lipinski definition) is 2. The number of carbonyl (C=O) groups excluding carboxylic acids is 2. The molecule has 0 spiro atoms. The lowest BCUT2D eigenvalue weighted by atomic mass is 10.3. The fraction of sp³-hybridized carbons (Fsp3) is 0.200. The Hall–Kier alpha value is -1.46. The van der Waals surface area contributed by atoms with Crippen molar-refractivity contribution in [2.45, 2.75) is 0 Å². The molecule has 0 aliphatic carbocycles. The van der Waals surface area contributed by atoms with Crippen LogP contribution in [0.5, 0.6) is 5.75 Å². The van der Waals surface area contributed by atoms with Gasteiger partial charge >= 0.3 is 0 Å². The van der Waals surface area contributed by atoms with Crippen LogP contribution in [0.15, 0.2) is 24.3 Å². The largest absolute Gasteiger partial charge is 0.484 e. The molecule has 2 N–H and O–H groups in total. The molecular formula is C10H10Cl2N2O3. The molecule has 0 saturated heterocycles. The SMILES string of the molecule is O=C(CCl)NNC(=O)COc1ccc(Cl)cc1. The Morgan fingerprint density at radius 2 is 1.71 bits per heavy atom. The summed E-state index contributed by atoms with van der Waals surface area (Å²) < 4.78 is 5.13. The van der Waals surface area contributed by atoms with Gasteiger partial charge in [-0.05, 0) is 24.3 Å². The standard InChI is InChI=1S/C10H10Cl2N2O3/c11-5-9(15)13-14-10(16)6-17-8-3-1-7(12)2-4-8/h1-4H,5-6H2,(H,13,15)(H,14,16). The van der Waals surface area contributed by atoms with Crippen LogP contribution in [0, 0.1) is 0 Å². The van der Waals surface area contributed by atoms with Crippen molar-refractivity contribution in [1.82, 2.24) is 10.9 Å². The summed E-state index contributed by atoms with van der Waals surface area (Å²) in [6.45, 7) is -0.218. The lowest BCUT2D eigenvalue weighted by Crippen LogP contribution is -2.44. The van der Waals surface area contributed by atoms with Crippen molar-refractivity contribution in [1.29, 1.82) is 0 Å². The first-order chi connectivity index (χ1) is 8.11. The maximum atomic E-state index is 11.2. The third-order valence-electron chi connectivity index (χ3n) is 1.65. The first-order valence-electron chi connectivity index (χ1n) is 4.64. The van der Waals surface area contributed by atoms with Gasteiger partial charge in [0.1, 0.15) is 11.6 Å². The van der Waals surface area contributed by atoms with Gasteiger partial charge in [0, 0.05) is 5.02 Å². The summed E-state index contributed by atoms with van der Waals surface area (Å²) in [4.78, 5) is 21.9. The summed E-state index contributed by atoms with van der Waals surface area (Å²) in [5.74, 6) is -0.698. The Balaban J connectivity index is 2.28. The van der Waals surface area contributed by atoms with Crippen molar-refractivity contribution in [3.05, 3.63) is 29.3 Å². The van der Waals surface area contributed by atoms with E-state index in [9.17, 15) is 9.59 Å². The van der Waals surface area contributed by atoms with Crippen molar-refractivity contribution in [2.75, 3.05) is 12.5 Å². The number of halogens is 2. The molecular weight excluding hydrogens is 267 g/mol. The highest BCUT2D eigenvalue weighted by atomic mass is 35.5. The molecule has 0 atom stereocenters. The number of alkyl halides is 1. The highest BCUT2D eigenvalue weighted by Crippen LogP contribution is 2.15. The van der Waals surface area contributed by atoms with Crippen LogP contribution in [0.2, 0.25) is 5.02 Å². The minimum Gasteiger partial charge on any atom is -0.484 e. The molecule has 7 heteroatoms. The Kier molecular flexibility index (Phi) is 5.59. The third-order valence-corrected chi connectivity index (χ3v) is 2.14. The van der Waals surface area contributed by atoms with Crippen LogP contribution in [0.3, 0.4) is 0 Å². The quantitative estimate of drug-likeness (QED) is 0.640. The van der Waals surface area contributed by atoms with Crippen LogP contribution >= 0.6 is 23.2 Å². The lowest BCUT2D eigenvalue weighted by molar-refractivity contribution is -0.128. The average Bonchev–Trinajstić information content (AvgIpc) is 2.35. The predicted molar refractivity (Wildman–Crippen MR) is 64.0 cm³/mol. The second-order valence-electron chi connectivity index (χ2n) is 2.97. The van der Waals surface area contributed by atoms with Gasteiger partial charge in [-0.1, -0.05) is 11.6 Å². The lowest BCUT2D eigenvalue weighted by Gasteiger charge is -2.07. The van der Waals surface area contributed by atoms with Gasteiger partial charge in [0.15, 0.2) is 6.61 Å². The minimum atomic E-state index is -0.494. The molecule has 5 nitrogen and oxygen atoms in total. The fourth-order valence-electron chi connectivity index (χ4n) is 0.889. The normalized spacial score (nSPS) is 9.53. The zero-order valence-corrected chi connectivity index (χ0v) is 10.2. The molecule has 0 heterocycles. The van der Waals surface area contributed by atoms with Crippen LogP contribution in [0.25, 0.3) is 0 Å². The van der Waals surface area contributed by atoms with Crippen LogP contribution < -0.4 is 15.6 Å². The van der Waals surface area contributed by atoms with Gasteiger partial charge in [0.05, 0.1) is 0 Å². The molecule has 0 fully saturated rings. The maximum Gasteiger partial charge on any atom is 0.276 e.